The van der Waals surface area contributed by atoms with E-state index >= 15 is 0 Å². The molecule has 0 bridgehead atoms. The number of hydrogen-bond acceptors (Lipinski definition) is 5. The second-order valence-electron chi connectivity index (χ2n) is 4.51. The molecule has 8 heteroatoms. The van der Waals surface area contributed by atoms with Gasteiger partial charge in [0.2, 0.25) is 0 Å². The average molecular weight is 385 g/mol. The summed E-state index contributed by atoms with van der Waals surface area (Å²) in [6, 6.07) is 9.73. The van der Waals surface area contributed by atoms with Crippen molar-refractivity contribution in [3.05, 3.63) is 40.9 Å². The highest BCUT2D eigenvalue weighted by Gasteiger charge is 2.15. The maximum Gasteiger partial charge on any atom is 0.263 e. The van der Waals surface area contributed by atoms with Crippen molar-refractivity contribution >= 4 is 37.6 Å². The predicted octanol–water partition coefficient (Wildman–Crippen LogP) is 2.89. The minimum atomic E-state index is -3.66. The molecule has 0 aliphatic carbocycles. The third-order valence-electron chi connectivity index (χ3n) is 3.10. The minimum absolute atomic E-state index is 0.172. The molecule has 118 valence electrons. The molecular weight excluding hydrogens is 368 g/mol. The largest absolute Gasteiger partial charge is 0.356 e. The Bertz CT molecular complexity index is 714. The molecular formula is C14H17BrN4O2S. The van der Waals surface area contributed by atoms with Crippen molar-refractivity contribution in [2.75, 3.05) is 22.7 Å². The Kier molecular flexibility index (Phi) is 5.36. The second kappa shape index (κ2) is 7.06. The first kappa shape index (κ1) is 16.7. The Balaban J connectivity index is 2.18. The minimum Gasteiger partial charge on any atom is -0.356 e. The number of anilines is 2. The summed E-state index contributed by atoms with van der Waals surface area (Å²) in [4.78, 5) is 2.20. The molecule has 0 radical (unpaired) electrons. The first-order valence-corrected chi connectivity index (χ1v) is 9.11. The van der Waals surface area contributed by atoms with E-state index in [1.165, 1.54) is 12.1 Å². The number of nitrogens with zero attached hydrogens (tertiary/aromatic N) is 3. The van der Waals surface area contributed by atoms with Crippen LogP contribution in [0.2, 0.25) is 0 Å². The molecule has 2 aromatic rings. The van der Waals surface area contributed by atoms with Gasteiger partial charge in [-0.1, -0.05) is 15.9 Å². The average Bonchev–Trinajstić information content (AvgIpc) is 2.50. The van der Waals surface area contributed by atoms with E-state index < -0.39 is 10.0 Å². The Morgan fingerprint density at radius 3 is 2.18 bits per heavy atom. The highest BCUT2D eigenvalue weighted by molar-refractivity contribution is 9.10. The Morgan fingerprint density at radius 2 is 1.68 bits per heavy atom. The fourth-order valence-electron chi connectivity index (χ4n) is 1.91. The zero-order chi connectivity index (χ0) is 16.2. The summed E-state index contributed by atoms with van der Waals surface area (Å²) in [6.07, 6.45) is 0. The lowest BCUT2D eigenvalue weighted by Crippen LogP contribution is -2.23. The van der Waals surface area contributed by atoms with Gasteiger partial charge in [-0.05, 0) is 50.2 Å². The van der Waals surface area contributed by atoms with Gasteiger partial charge in [0.05, 0.1) is 4.90 Å². The van der Waals surface area contributed by atoms with E-state index in [4.69, 9.17) is 0 Å². The third-order valence-corrected chi connectivity index (χ3v) is 5.00. The molecule has 22 heavy (non-hydrogen) atoms. The van der Waals surface area contributed by atoms with Crippen LogP contribution >= 0.6 is 15.9 Å². The second-order valence-corrected chi connectivity index (χ2v) is 7.11. The first-order valence-electron chi connectivity index (χ1n) is 6.83. The quantitative estimate of drug-likeness (QED) is 0.828. The van der Waals surface area contributed by atoms with Crippen LogP contribution in [0, 0.1) is 0 Å². The molecule has 1 aromatic heterocycles. The zero-order valence-electron chi connectivity index (χ0n) is 12.3. The summed E-state index contributed by atoms with van der Waals surface area (Å²) in [5, 5.41) is 7.99. The van der Waals surface area contributed by atoms with Crippen LogP contribution in [0.15, 0.2) is 45.8 Å². The highest BCUT2D eigenvalue weighted by Crippen LogP contribution is 2.18. The van der Waals surface area contributed by atoms with Crippen molar-refractivity contribution in [3.8, 4) is 0 Å². The van der Waals surface area contributed by atoms with Gasteiger partial charge in [0, 0.05) is 17.6 Å². The smallest absolute Gasteiger partial charge is 0.263 e. The lowest BCUT2D eigenvalue weighted by Gasteiger charge is -2.18. The van der Waals surface area contributed by atoms with Crippen LogP contribution in [0.3, 0.4) is 0 Å². The third kappa shape index (κ3) is 3.95. The van der Waals surface area contributed by atoms with Gasteiger partial charge in [0.15, 0.2) is 11.6 Å². The fourth-order valence-corrected chi connectivity index (χ4v) is 3.17. The molecule has 0 aliphatic heterocycles. The standard InChI is InChI=1S/C14H17BrN4O2S/c1-3-19(4-2)14-10-9-13(16-17-14)18-22(20,21)12-7-5-11(15)6-8-12/h5-10H,3-4H2,1-2H3,(H,16,18). The Morgan fingerprint density at radius 1 is 1.05 bits per heavy atom. The van der Waals surface area contributed by atoms with Crippen molar-refractivity contribution in [3.63, 3.8) is 0 Å². The van der Waals surface area contributed by atoms with Gasteiger partial charge in [0.25, 0.3) is 10.0 Å². The maximum atomic E-state index is 12.2. The maximum absolute atomic E-state index is 12.2. The lowest BCUT2D eigenvalue weighted by molar-refractivity contribution is 0.601. The summed E-state index contributed by atoms with van der Waals surface area (Å²) < 4.78 is 27.7. The van der Waals surface area contributed by atoms with Crippen LogP contribution < -0.4 is 9.62 Å². The molecule has 0 unspecified atom stereocenters. The first-order chi connectivity index (χ1) is 10.5. The number of nitrogens with one attached hydrogen (secondary N) is 1. The molecule has 0 fully saturated rings. The van der Waals surface area contributed by atoms with Gasteiger partial charge in [-0.25, -0.2) is 8.42 Å². The van der Waals surface area contributed by atoms with E-state index in [2.05, 4.69) is 30.8 Å². The summed E-state index contributed by atoms with van der Waals surface area (Å²) in [7, 11) is -3.66. The van der Waals surface area contributed by atoms with Crippen molar-refractivity contribution in [1.82, 2.24) is 10.2 Å². The number of aromatic nitrogens is 2. The van der Waals surface area contributed by atoms with Gasteiger partial charge in [0.1, 0.15) is 0 Å². The van der Waals surface area contributed by atoms with Crippen LogP contribution in [0.1, 0.15) is 13.8 Å². The fraction of sp³-hybridized carbons (Fsp3) is 0.286. The molecule has 0 saturated heterocycles. The molecule has 6 nitrogen and oxygen atoms in total. The van der Waals surface area contributed by atoms with Crippen molar-refractivity contribution in [1.29, 1.82) is 0 Å². The molecule has 0 spiro atoms. The van der Waals surface area contributed by atoms with Gasteiger partial charge in [-0.2, -0.15) is 0 Å². The number of rotatable bonds is 6. The van der Waals surface area contributed by atoms with Crippen LogP contribution in [-0.4, -0.2) is 31.7 Å². The SMILES string of the molecule is CCN(CC)c1ccc(NS(=O)(=O)c2ccc(Br)cc2)nn1. The van der Waals surface area contributed by atoms with Crippen LogP contribution in [0.4, 0.5) is 11.6 Å². The normalized spacial score (nSPS) is 11.2. The monoisotopic (exact) mass is 384 g/mol. The molecule has 1 N–H and O–H groups in total. The molecule has 2 rings (SSSR count). The topological polar surface area (TPSA) is 75.2 Å². The van der Waals surface area contributed by atoms with Crippen molar-refractivity contribution < 1.29 is 8.42 Å². The Labute approximate surface area is 138 Å². The molecule has 0 saturated carbocycles. The summed E-state index contributed by atoms with van der Waals surface area (Å²) in [5.41, 5.74) is 0. The number of benzene rings is 1. The van der Waals surface area contributed by atoms with E-state index in [0.29, 0.717) is 0 Å². The molecule has 0 atom stereocenters. The highest BCUT2D eigenvalue weighted by atomic mass is 79.9. The van der Waals surface area contributed by atoms with Gasteiger partial charge < -0.3 is 4.90 Å². The van der Waals surface area contributed by atoms with Gasteiger partial charge in [-0.15, -0.1) is 10.2 Å². The summed E-state index contributed by atoms with van der Waals surface area (Å²) >= 11 is 3.27. The van der Waals surface area contributed by atoms with E-state index in [0.717, 1.165) is 23.4 Å². The van der Waals surface area contributed by atoms with Crippen LogP contribution in [-0.2, 0) is 10.0 Å². The van der Waals surface area contributed by atoms with E-state index in [-0.39, 0.29) is 10.7 Å². The lowest BCUT2D eigenvalue weighted by atomic mass is 10.4. The molecule has 1 heterocycles. The Hall–Kier alpha value is -1.67. The van der Waals surface area contributed by atoms with Crippen molar-refractivity contribution in [2.45, 2.75) is 18.7 Å². The van der Waals surface area contributed by atoms with E-state index in [1.807, 2.05) is 18.7 Å². The molecule has 0 aliphatic rings. The van der Waals surface area contributed by atoms with Crippen LogP contribution in [0.25, 0.3) is 0 Å². The zero-order valence-corrected chi connectivity index (χ0v) is 14.7. The summed E-state index contributed by atoms with van der Waals surface area (Å²) in [6.45, 7) is 5.68. The predicted molar refractivity (Wildman–Crippen MR) is 90.5 cm³/mol. The van der Waals surface area contributed by atoms with Gasteiger partial charge in [-0.3, -0.25) is 4.72 Å². The number of halogens is 1. The molecule has 1 aromatic carbocycles. The van der Waals surface area contributed by atoms with Crippen molar-refractivity contribution in [2.24, 2.45) is 0 Å². The number of hydrogen-bond donors (Lipinski definition) is 1. The number of sulfonamides is 1. The van der Waals surface area contributed by atoms with Gasteiger partial charge >= 0.3 is 0 Å². The van der Waals surface area contributed by atoms with E-state index in [9.17, 15) is 8.42 Å². The van der Waals surface area contributed by atoms with Crippen LogP contribution in [0.5, 0.6) is 0 Å². The summed E-state index contributed by atoms with van der Waals surface area (Å²) in [5.74, 6) is 0.912. The van der Waals surface area contributed by atoms with E-state index in [1.54, 1.807) is 24.3 Å². The molecule has 0 amide bonds.